The van der Waals surface area contributed by atoms with E-state index in [0.717, 1.165) is 0 Å². The van der Waals surface area contributed by atoms with Crippen molar-refractivity contribution in [2.45, 2.75) is 30.9 Å². The Bertz CT molecular complexity index is 892. The van der Waals surface area contributed by atoms with Gasteiger partial charge >= 0.3 is 5.97 Å². The first-order valence-corrected chi connectivity index (χ1v) is 8.91. The molecule has 2 rings (SSSR count). The van der Waals surface area contributed by atoms with Crippen molar-refractivity contribution in [1.29, 1.82) is 0 Å². The molecular formula is C14H14N4O7S. The number of hydroxylamine groups is 2. The number of imide groups is 1. The normalized spacial score (nSPS) is 17.1. The molecule has 0 radical (unpaired) electrons. The van der Waals surface area contributed by atoms with Crippen LogP contribution < -0.4 is 0 Å². The van der Waals surface area contributed by atoms with Crippen LogP contribution in [0, 0.1) is 0 Å². The Labute approximate surface area is 147 Å². The molecule has 1 unspecified atom stereocenters. The zero-order valence-electron chi connectivity index (χ0n) is 13.3. The first kappa shape index (κ1) is 19.4. The predicted octanol–water partition coefficient (Wildman–Crippen LogP) is 1.42. The zero-order valence-corrected chi connectivity index (χ0v) is 14.1. The van der Waals surface area contributed by atoms with E-state index in [0.29, 0.717) is 17.7 Å². The zero-order chi connectivity index (χ0) is 19.3. The third-order valence-electron chi connectivity index (χ3n) is 3.59. The second-order valence-corrected chi connectivity index (χ2v) is 6.97. The smallest absolute Gasteiger partial charge is 0.330 e. The third-order valence-corrected chi connectivity index (χ3v) is 4.67. The summed E-state index contributed by atoms with van der Waals surface area (Å²) in [5.74, 6) is -3.25. The highest BCUT2D eigenvalue weighted by atomic mass is 32.2. The lowest BCUT2D eigenvalue weighted by molar-refractivity contribution is -0.197. The summed E-state index contributed by atoms with van der Waals surface area (Å²) < 4.78 is 30.9. The minimum Gasteiger partial charge on any atom is -0.330 e. The van der Waals surface area contributed by atoms with Gasteiger partial charge in [0.1, 0.15) is 0 Å². The van der Waals surface area contributed by atoms with Crippen LogP contribution >= 0.6 is 0 Å². The topological polar surface area (TPSA) is 167 Å². The summed E-state index contributed by atoms with van der Waals surface area (Å²) in [4.78, 5) is 42.5. The van der Waals surface area contributed by atoms with Crippen LogP contribution in [0.15, 0.2) is 29.4 Å². The standard InChI is InChI=1S/C14H14N4O7S/c15-17-16-10-6-2-1-4-9(10)5-3-7-13(20)25-18-12(19)8-11(14(18)21)26(22,23)24/h1-2,4,6,11H,3,5,7-8H2,(H,22,23,24). The molecule has 1 N–H and O–H groups in total. The van der Waals surface area contributed by atoms with Crippen LogP contribution in [0.5, 0.6) is 0 Å². The molecule has 1 atom stereocenters. The van der Waals surface area contributed by atoms with E-state index in [-0.39, 0.29) is 17.9 Å². The molecule has 2 amide bonds. The molecule has 1 fully saturated rings. The van der Waals surface area contributed by atoms with Crippen LogP contribution in [0.1, 0.15) is 24.8 Å². The predicted molar refractivity (Wildman–Crippen MR) is 86.1 cm³/mol. The number of carbonyl (C=O) groups is 3. The molecule has 0 aromatic heterocycles. The Morgan fingerprint density at radius 2 is 2.08 bits per heavy atom. The molecule has 1 aromatic carbocycles. The van der Waals surface area contributed by atoms with Crippen molar-refractivity contribution >= 4 is 33.6 Å². The third kappa shape index (κ3) is 4.57. The lowest BCUT2D eigenvalue weighted by Gasteiger charge is -2.13. The molecule has 1 saturated heterocycles. The van der Waals surface area contributed by atoms with Crippen molar-refractivity contribution in [2.24, 2.45) is 5.11 Å². The Kier molecular flexibility index (Phi) is 5.93. The van der Waals surface area contributed by atoms with Gasteiger partial charge in [-0.3, -0.25) is 14.1 Å². The van der Waals surface area contributed by atoms with Gasteiger partial charge in [-0.25, -0.2) is 4.79 Å². The number of azide groups is 1. The Balaban J connectivity index is 1.91. The van der Waals surface area contributed by atoms with E-state index in [1.807, 2.05) is 0 Å². The summed E-state index contributed by atoms with van der Waals surface area (Å²) in [6.07, 6.45) is -0.308. The number of rotatable bonds is 7. The minimum atomic E-state index is -4.76. The Morgan fingerprint density at radius 3 is 2.69 bits per heavy atom. The van der Waals surface area contributed by atoms with Crippen LogP contribution in [-0.4, -0.2) is 41.1 Å². The van der Waals surface area contributed by atoms with Gasteiger partial charge in [-0.2, -0.15) is 8.42 Å². The van der Waals surface area contributed by atoms with Crippen LogP contribution in [0.3, 0.4) is 0 Å². The van der Waals surface area contributed by atoms with Crippen LogP contribution in [-0.2, 0) is 35.8 Å². The molecule has 1 aromatic rings. The fraction of sp³-hybridized carbons (Fsp3) is 0.357. The van der Waals surface area contributed by atoms with Gasteiger partial charge < -0.3 is 4.84 Å². The molecule has 1 aliphatic heterocycles. The van der Waals surface area contributed by atoms with Gasteiger partial charge in [-0.1, -0.05) is 29.4 Å². The highest BCUT2D eigenvalue weighted by Gasteiger charge is 2.48. The fourth-order valence-corrected chi connectivity index (χ4v) is 3.05. The lowest BCUT2D eigenvalue weighted by atomic mass is 10.1. The Hall–Kier alpha value is -2.95. The van der Waals surface area contributed by atoms with E-state index in [2.05, 4.69) is 14.9 Å². The average molecular weight is 382 g/mol. The SMILES string of the molecule is [N-]=[N+]=Nc1ccccc1CCCC(=O)ON1C(=O)CC(S(=O)(=O)O)C1=O. The maximum absolute atomic E-state index is 11.8. The van der Waals surface area contributed by atoms with Gasteiger partial charge in [0.15, 0.2) is 5.25 Å². The molecule has 138 valence electrons. The molecule has 26 heavy (non-hydrogen) atoms. The summed E-state index contributed by atoms with van der Waals surface area (Å²) in [5, 5.41) is 1.63. The first-order valence-electron chi connectivity index (χ1n) is 7.41. The summed E-state index contributed by atoms with van der Waals surface area (Å²) in [7, 11) is -4.76. The van der Waals surface area contributed by atoms with Crippen molar-refractivity contribution in [1.82, 2.24) is 5.06 Å². The van der Waals surface area contributed by atoms with Crippen LogP contribution in [0.25, 0.3) is 10.4 Å². The van der Waals surface area contributed by atoms with Gasteiger partial charge in [-0.05, 0) is 23.9 Å². The molecule has 0 saturated carbocycles. The molecule has 0 bridgehead atoms. The summed E-state index contributed by atoms with van der Waals surface area (Å²) in [6.45, 7) is 0. The van der Waals surface area contributed by atoms with Crippen LogP contribution in [0.4, 0.5) is 5.69 Å². The highest BCUT2D eigenvalue weighted by Crippen LogP contribution is 2.22. The van der Waals surface area contributed by atoms with E-state index in [1.165, 1.54) is 0 Å². The fourth-order valence-electron chi connectivity index (χ4n) is 2.35. The number of hydrogen-bond donors (Lipinski definition) is 1. The molecule has 11 nitrogen and oxygen atoms in total. The monoisotopic (exact) mass is 382 g/mol. The number of benzene rings is 1. The van der Waals surface area contributed by atoms with Crippen molar-refractivity contribution in [3.63, 3.8) is 0 Å². The second kappa shape index (κ2) is 7.95. The van der Waals surface area contributed by atoms with Gasteiger partial charge in [0.2, 0.25) is 0 Å². The van der Waals surface area contributed by atoms with E-state index < -0.39 is 39.6 Å². The molecule has 0 aliphatic carbocycles. The molecular weight excluding hydrogens is 368 g/mol. The summed E-state index contributed by atoms with van der Waals surface area (Å²) in [5.41, 5.74) is 9.63. The molecule has 12 heteroatoms. The van der Waals surface area contributed by atoms with E-state index in [1.54, 1.807) is 24.3 Å². The summed E-state index contributed by atoms with van der Waals surface area (Å²) in [6, 6.07) is 6.77. The van der Waals surface area contributed by atoms with Crippen LogP contribution in [0.2, 0.25) is 0 Å². The second-order valence-electron chi connectivity index (χ2n) is 5.37. The Morgan fingerprint density at radius 1 is 1.38 bits per heavy atom. The average Bonchev–Trinajstić information content (AvgIpc) is 2.85. The van der Waals surface area contributed by atoms with Gasteiger partial charge in [-0.15, -0.1) is 5.06 Å². The number of carbonyl (C=O) groups excluding carboxylic acids is 3. The largest absolute Gasteiger partial charge is 0.333 e. The summed E-state index contributed by atoms with van der Waals surface area (Å²) >= 11 is 0. The maximum Gasteiger partial charge on any atom is 0.333 e. The highest BCUT2D eigenvalue weighted by molar-refractivity contribution is 7.87. The number of hydrogen-bond acceptors (Lipinski definition) is 7. The minimum absolute atomic E-state index is 0.0642. The maximum atomic E-state index is 11.8. The van der Waals surface area contributed by atoms with Gasteiger partial charge in [0.25, 0.3) is 21.9 Å². The number of aryl methyl sites for hydroxylation is 1. The van der Waals surface area contributed by atoms with Crippen molar-refractivity contribution in [2.75, 3.05) is 0 Å². The number of nitrogens with zero attached hydrogens (tertiary/aromatic N) is 4. The number of amides is 2. The van der Waals surface area contributed by atoms with Gasteiger partial charge in [0.05, 0.1) is 6.42 Å². The lowest BCUT2D eigenvalue weighted by Crippen LogP contribution is -2.36. The molecule has 0 spiro atoms. The molecule has 1 aliphatic rings. The van der Waals surface area contributed by atoms with E-state index in [4.69, 9.17) is 10.1 Å². The molecule has 1 heterocycles. The van der Waals surface area contributed by atoms with E-state index >= 15 is 0 Å². The van der Waals surface area contributed by atoms with Crippen molar-refractivity contribution in [3.8, 4) is 0 Å². The first-order chi connectivity index (χ1) is 12.2. The van der Waals surface area contributed by atoms with Crippen molar-refractivity contribution < 1.29 is 32.2 Å². The van der Waals surface area contributed by atoms with Gasteiger partial charge in [0, 0.05) is 17.0 Å². The quantitative estimate of drug-likeness (QED) is 0.244. The van der Waals surface area contributed by atoms with Crippen molar-refractivity contribution in [3.05, 3.63) is 40.3 Å². The van der Waals surface area contributed by atoms with E-state index in [9.17, 15) is 22.8 Å².